The van der Waals surface area contributed by atoms with Gasteiger partial charge in [0.2, 0.25) is 0 Å². The maximum absolute atomic E-state index is 11.9. The van der Waals surface area contributed by atoms with Crippen LogP contribution >= 0.6 is 27.5 Å². The third kappa shape index (κ3) is 3.00. The molecule has 1 aromatic heterocycles. The zero-order valence-corrected chi connectivity index (χ0v) is 11.4. The first-order chi connectivity index (χ1) is 8.56. The van der Waals surface area contributed by atoms with Gasteiger partial charge in [0, 0.05) is 22.9 Å². The van der Waals surface area contributed by atoms with Crippen LogP contribution in [0.1, 0.15) is 10.4 Å². The lowest BCUT2D eigenvalue weighted by Crippen LogP contribution is -2.12. The number of phenolic OH excluding ortho intramolecular Hbond substituents is 1. The second kappa shape index (κ2) is 5.37. The Bertz CT molecular complexity index is 604. The quantitative estimate of drug-likeness (QED) is 0.830. The SMILES string of the molecule is O=C(Nc1ccc(O)cc1Cl)c1cncc(Br)c1. The highest BCUT2D eigenvalue weighted by molar-refractivity contribution is 9.10. The Hall–Kier alpha value is -1.59. The summed E-state index contributed by atoms with van der Waals surface area (Å²) in [6.07, 6.45) is 3.04. The van der Waals surface area contributed by atoms with E-state index >= 15 is 0 Å². The molecule has 2 rings (SSSR count). The highest BCUT2D eigenvalue weighted by atomic mass is 79.9. The van der Waals surface area contributed by atoms with Crippen LogP contribution in [0.4, 0.5) is 5.69 Å². The van der Waals surface area contributed by atoms with E-state index in [1.54, 1.807) is 12.3 Å². The van der Waals surface area contributed by atoms with Crippen molar-refractivity contribution in [3.63, 3.8) is 0 Å². The minimum atomic E-state index is -0.323. The van der Waals surface area contributed by atoms with E-state index in [1.807, 2.05) is 0 Å². The van der Waals surface area contributed by atoms with Gasteiger partial charge in [0.25, 0.3) is 5.91 Å². The molecule has 18 heavy (non-hydrogen) atoms. The number of nitrogens with zero attached hydrogens (tertiary/aromatic N) is 1. The van der Waals surface area contributed by atoms with E-state index in [2.05, 4.69) is 26.2 Å². The topological polar surface area (TPSA) is 62.2 Å². The summed E-state index contributed by atoms with van der Waals surface area (Å²) in [6, 6.07) is 5.98. The van der Waals surface area contributed by atoms with Gasteiger partial charge in [-0.15, -0.1) is 0 Å². The molecular weight excluding hydrogens is 320 g/mol. The van der Waals surface area contributed by atoms with Crippen molar-refractivity contribution < 1.29 is 9.90 Å². The van der Waals surface area contributed by atoms with Crippen molar-refractivity contribution in [3.8, 4) is 5.75 Å². The zero-order valence-electron chi connectivity index (χ0n) is 9.02. The number of rotatable bonds is 2. The lowest BCUT2D eigenvalue weighted by Gasteiger charge is -2.07. The number of hydrogen-bond donors (Lipinski definition) is 2. The van der Waals surface area contributed by atoms with E-state index in [1.165, 1.54) is 24.4 Å². The maximum atomic E-state index is 11.9. The molecule has 0 aliphatic heterocycles. The summed E-state index contributed by atoms with van der Waals surface area (Å²) in [5.74, 6) is -0.279. The summed E-state index contributed by atoms with van der Waals surface area (Å²) in [6.45, 7) is 0. The Morgan fingerprint density at radius 2 is 2.11 bits per heavy atom. The van der Waals surface area contributed by atoms with Crippen LogP contribution in [0.5, 0.6) is 5.75 Å². The van der Waals surface area contributed by atoms with Crippen LogP contribution < -0.4 is 5.32 Å². The molecule has 0 saturated carbocycles. The number of carbonyl (C=O) groups is 1. The van der Waals surface area contributed by atoms with E-state index in [-0.39, 0.29) is 16.7 Å². The van der Waals surface area contributed by atoms with Crippen LogP contribution in [0.2, 0.25) is 5.02 Å². The summed E-state index contributed by atoms with van der Waals surface area (Å²) in [4.78, 5) is 15.8. The first-order valence-corrected chi connectivity index (χ1v) is 6.14. The van der Waals surface area contributed by atoms with Crippen molar-refractivity contribution in [2.75, 3.05) is 5.32 Å². The van der Waals surface area contributed by atoms with Crippen LogP contribution in [0.25, 0.3) is 0 Å². The molecule has 2 N–H and O–H groups in total. The average molecular weight is 328 g/mol. The number of halogens is 2. The number of aromatic hydroxyl groups is 1. The van der Waals surface area contributed by atoms with Crippen LogP contribution in [0, 0.1) is 0 Å². The lowest BCUT2D eigenvalue weighted by atomic mass is 10.2. The van der Waals surface area contributed by atoms with Crippen molar-refractivity contribution in [1.82, 2.24) is 4.98 Å². The summed E-state index contributed by atoms with van der Waals surface area (Å²) in [5.41, 5.74) is 0.841. The van der Waals surface area contributed by atoms with E-state index in [0.29, 0.717) is 15.7 Å². The number of anilines is 1. The van der Waals surface area contributed by atoms with Crippen molar-refractivity contribution in [2.24, 2.45) is 0 Å². The first kappa shape index (κ1) is 12.9. The molecule has 0 bridgehead atoms. The molecule has 2 aromatic rings. The number of carbonyl (C=O) groups excluding carboxylic acids is 1. The zero-order chi connectivity index (χ0) is 13.1. The fraction of sp³-hybridized carbons (Fsp3) is 0. The second-order valence-electron chi connectivity index (χ2n) is 3.51. The van der Waals surface area contributed by atoms with Crippen LogP contribution in [0.15, 0.2) is 41.1 Å². The summed E-state index contributed by atoms with van der Waals surface area (Å²) < 4.78 is 0.715. The van der Waals surface area contributed by atoms with Gasteiger partial charge in [-0.05, 0) is 34.1 Å². The van der Waals surface area contributed by atoms with Crippen LogP contribution in [-0.4, -0.2) is 16.0 Å². The summed E-state index contributed by atoms with van der Waals surface area (Å²) >= 11 is 9.13. The van der Waals surface area contributed by atoms with Gasteiger partial charge >= 0.3 is 0 Å². The number of pyridine rings is 1. The van der Waals surface area contributed by atoms with Gasteiger partial charge < -0.3 is 10.4 Å². The minimum absolute atomic E-state index is 0.0436. The van der Waals surface area contributed by atoms with Gasteiger partial charge in [-0.2, -0.15) is 0 Å². The Kier molecular flexibility index (Phi) is 3.84. The normalized spacial score (nSPS) is 10.1. The lowest BCUT2D eigenvalue weighted by molar-refractivity contribution is 0.102. The number of phenols is 1. The number of amides is 1. The molecule has 0 atom stereocenters. The second-order valence-corrected chi connectivity index (χ2v) is 4.83. The Morgan fingerprint density at radius 3 is 2.78 bits per heavy atom. The fourth-order valence-electron chi connectivity index (χ4n) is 1.34. The van der Waals surface area contributed by atoms with Crippen molar-refractivity contribution in [3.05, 3.63) is 51.7 Å². The molecule has 0 radical (unpaired) electrons. The third-order valence-corrected chi connectivity index (χ3v) is 2.91. The molecule has 6 heteroatoms. The number of hydrogen-bond acceptors (Lipinski definition) is 3. The van der Waals surface area contributed by atoms with Gasteiger partial charge in [-0.1, -0.05) is 11.6 Å². The molecule has 1 aromatic carbocycles. The molecule has 0 aliphatic rings. The number of aromatic nitrogens is 1. The Labute approximate surface area is 117 Å². The number of nitrogens with one attached hydrogen (secondary N) is 1. The molecule has 0 saturated heterocycles. The highest BCUT2D eigenvalue weighted by Gasteiger charge is 2.09. The monoisotopic (exact) mass is 326 g/mol. The smallest absolute Gasteiger partial charge is 0.257 e. The van der Waals surface area contributed by atoms with Gasteiger partial charge in [-0.3, -0.25) is 9.78 Å². The molecule has 0 unspecified atom stereocenters. The molecule has 92 valence electrons. The first-order valence-electron chi connectivity index (χ1n) is 4.96. The van der Waals surface area contributed by atoms with Gasteiger partial charge in [0.1, 0.15) is 5.75 Å². The van der Waals surface area contributed by atoms with E-state index in [4.69, 9.17) is 11.6 Å². The van der Waals surface area contributed by atoms with Crippen molar-refractivity contribution in [1.29, 1.82) is 0 Å². The van der Waals surface area contributed by atoms with Crippen molar-refractivity contribution in [2.45, 2.75) is 0 Å². The molecule has 0 aliphatic carbocycles. The van der Waals surface area contributed by atoms with E-state index in [9.17, 15) is 9.90 Å². The predicted octanol–water partition coefficient (Wildman–Crippen LogP) is 3.46. The predicted molar refractivity (Wildman–Crippen MR) is 73.0 cm³/mol. The third-order valence-electron chi connectivity index (χ3n) is 2.17. The van der Waals surface area contributed by atoms with Gasteiger partial charge in [-0.25, -0.2) is 0 Å². The Morgan fingerprint density at radius 1 is 1.33 bits per heavy atom. The van der Waals surface area contributed by atoms with Crippen molar-refractivity contribution >= 4 is 39.1 Å². The van der Waals surface area contributed by atoms with E-state index in [0.717, 1.165) is 0 Å². The molecule has 1 heterocycles. The molecule has 4 nitrogen and oxygen atoms in total. The molecule has 0 spiro atoms. The summed E-state index contributed by atoms with van der Waals surface area (Å²) in [7, 11) is 0. The molecule has 1 amide bonds. The maximum Gasteiger partial charge on any atom is 0.257 e. The average Bonchev–Trinajstić information content (AvgIpc) is 2.32. The fourth-order valence-corrected chi connectivity index (χ4v) is 1.92. The van der Waals surface area contributed by atoms with Gasteiger partial charge in [0.15, 0.2) is 0 Å². The molecular formula is C12H8BrClN2O2. The summed E-state index contributed by atoms with van der Waals surface area (Å²) in [5, 5.41) is 12.1. The van der Waals surface area contributed by atoms with Crippen LogP contribution in [0.3, 0.4) is 0 Å². The number of benzene rings is 1. The Balaban J connectivity index is 2.21. The standard InChI is InChI=1S/C12H8BrClN2O2/c13-8-3-7(5-15-6-8)12(18)16-11-2-1-9(17)4-10(11)14/h1-6,17H,(H,16,18). The highest BCUT2D eigenvalue weighted by Crippen LogP contribution is 2.26. The van der Waals surface area contributed by atoms with E-state index < -0.39 is 0 Å². The largest absolute Gasteiger partial charge is 0.508 e. The van der Waals surface area contributed by atoms with Crippen LogP contribution in [-0.2, 0) is 0 Å². The minimum Gasteiger partial charge on any atom is -0.508 e. The molecule has 0 fully saturated rings. The van der Waals surface area contributed by atoms with Gasteiger partial charge in [0.05, 0.1) is 16.3 Å².